The zero-order valence-corrected chi connectivity index (χ0v) is 11.8. The molecule has 3 N–H and O–H groups in total. The maximum absolute atomic E-state index is 12.0. The van der Waals surface area contributed by atoms with Crippen molar-refractivity contribution in [1.82, 2.24) is 10.2 Å². The number of hydrogen-bond donors (Lipinski definition) is 2. The van der Waals surface area contributed by atoms with Crippen LogP contribution < -0.4 is 11.1 Å². The van der Waals surface area contributed by atoms with Gasteiger partial charge in [-0.1, -0.05) is 17.7 Å². The lowest BCUT2D eigenvalue weighted by atomic mass is 10.1. The van der Waals surface area contributed by atoms with Crippen LogP contribution in [0.25, 0.3) is 0 Å². The lowest BCUT2D eigenvalue weighted by Gasteiger charge is -2.18. The third kappa shape index (κ3) is 5.14. The first kappa shape index (κ1) is 17.1. The average molecular weight is 324 g/mol. The summed E-state index contributed by atoms with van der Waals surface area (Å²) < 4.78 is 35.8. The number of carbonyl (C=O) groups excluding carboxylic acids is 2. The van der Waals surface area contributed by atoms with Gasteiger partial charge in [-0.05, 0) is 12.1 Å². The van der Waals surface area contributed by atoms with E-state index in [0.717, 1.165) is 4.90 Å². The molecule has 9 heteroatoms. The maximum Gasteiger partial charge on any atom is 0.405 e. The minimum absolute atomic E-state index is 0.0479. The van der Waals surface area contributed by atoms with Crippen LogP contribution in [0.1, 0.15) is 10.4 Å². The molecule has 0 heterocycles. The van der Waals surface area contributed by atoms with Gasteiger partial charge in [0.05, 0.1) is 22.8 Å². The fourth-order valence-electron chi connectivity index (χ4n) is 1.47. The summed E-state index contributed by atoms with van der Waals surface area (Å²) in [6.07, 6.45) is -4.50. The van der Waals surface area contributed by atoms with Gasteiger partial charge in [0, 0.05) is 7.05 Å². The van der Waals surface area contributed by atoms with Crippen LogP contribution in [0.4, 0.5) is 18.9 Å². The minimum atomic E-state index is -4.50. The molecule has 1 aromatic rings. The molecule has 21 heavy (non-hydrogen) atoms. The first-order valence-electron chi connectivity index (χ1n) is 5.74. The highest BCUT2D eigenvalue weighted by molar-refractivity contribution is 6.33. The third-order valence-corrected chi connectivity index (χ3v) is 2.83. The van der Waals surface area contributed by atoms with Crippen molar-refractivity contribution in [2.24, 2.45) is 0 Å². The van der Waals surface area contributed by atoms with Crippen molar-refractivity contribution in [3.63, 3.8) is 0 Å². The molecule has 0 saturated heterocycles. The van der Waals surface area contributed by atoms with E-state index in [0.29, 0.717) is 0 Å². The van der Waals surface area contributed by atoms with Crippen molar-refractivity contribution < 1.29 is 22.8 Å². The molecule has 0 aliphatic rings. The Bertz CT molecular complexity index is 549. The number of nitrogen functional groups attached to an aromatic ring is 1. The number of halogens is 4. The van der Waals surface area contributed by atoms with E-state index >= 15 is 0 Å². The van der Waals surface area contributed by atoms with Gasteiger partial charge in [0.2, 0.25) is 5.91 Å². The van der Waals surface area contributed by atoms with Gasteiger partial charge in [0.1, 0.15) is 6.54 Å². The number of carbonyl (C=O) groups is 2. The van der Waals surface area contributed by atoms with Gasteiger partial charge in [0.15, 0.2) is 0 Å². The molecule has 0 bridgehead atoms. The van der Waals surface area contributed by atoms with E-state index in [1.54, 1.807) is 5.32 Å². The van der Waals surface area contributed by atoms with Crippen molar-refractivity contribution in [3.8, 4) is 0 Å². The van der Waals surface area contributed by atoms with Crippen LogP contribution in [-0.4, -0.2) is 43.0 Å². The van der Waals surface area contributed by atoms with E-state index in [4.69, 9.17) is 17.3 Å². The maximum atomic E-state index is 12.0. The summed E-state index contributed by atoms with van der Waals surface area (Å²) in [6, 6.07) is 4.40. The molecule has 0 atom stereocenters. The molecule has 0 radical (unpaired) electrons. The molecule has 0 aliphatic heterocycles. The number of hydrogen-bond acceptors (Lipinski definition) is 3. The van der Waals surface area contributed by atoms with Crippen molar-refractivity contribution in [1.29, 1.82) is 0 Å². The molecule has 0 fully saturated rings. The molecule has 1 aromatic carbocycles. The highest BCUT2D eigenvalue weighted by Crippen LogP contribution is 2.23. The van der Waals surface area contributed by atoms with Gasteiger partial charge in [-0.3, -0.25) is 9.59 Å². The lowest BCUT2D eigenvalue weighted by molar-refractivity contribution is -0.138. The standard InChI is InChI=1S/C12H13ClF3N3O2/c1-19(5-9(20)18-6-12(14,15)16)11(21)7-3-2-4-8(13)10(7)17/h2-4H,5-6,17H2,1H3,(H,18,20). The normalized spacial score (nSPS) is 11.1. The van der Waals surface area contributed by atoms with Gasteiger partial charge >= 0.3 is 6.18 Å². The van der Waals surface area contributed by atoms with Crippen LogP contribution in [0.3, 0.4) is 0 Å². The van der Waals surface area contributed by atoms with Crippen LogP contribution in [0.2, 0.25) is 5.02 Å². The smallest absolute Gasteiger partial charge is 0.397 e. The second-order valence-corrected chi connectivity index (χ2v) is 4.66. The molecular weight excluding hydrogens is 311 g/mol. The monoisotopic (exact) mass is 323 g/mol. The van der Waals surface area contributed by atoms with Crippen LogP contribution in [-0.2, 0) is 4.79 Å². The Balaban J connectivity index is 2.67. The molecule has 0 saturated carbocycles. The second-order valence-electron chi connectivity index (χ2n) is 4.25. The predicted octanol–water partition coefficient (Wildman–Crippen LogP) is 1.67. The summed E-state index contributed by atoms with van der Waals surface area (Å²) in [5.41, 5.74) is 5.76. The number of nitrogens with zero attached hydrogens (tertiary/aromatic N) is 1. The van der Waals surface area contributed by atoms with Gasteiger partial charge < -0.3 is 16.0 Å². The van der Waals surface area contributed by atoms with E-state index in [9.17, 15) is 22.8 Å². The number of nitrogens with one attached hydrogen (secondary N) is 1. The van der Waals surface area contributed by atoms with Crippen molar-refractivity contribution in [2.75, 3.05) is 25.9 Å². The number of anilines is 1. The van der Waals surface area contributed by atoms with E-state index < -0.39 is 31.1 Å². The summed E-state index contributed by atoms with van der Waals surface area (Å²) in [7, 11) is 1.27. The Kier molecular flexibility index (Phi) is 5.42. The Hall–Kier alpha value is -1.96. The van der Waals surface area contributed by atoms with Crippen molar-refractivity contribution >= 4 is 29.1 Å². The van der Waals surface area contributed by atoms with E-state index in [1.165, 1.54) is 25.2 Å². The molecule has 0 aromatic heterocycles. The largest absolute Gasteiger partial charge is 0.405 e. The van der Waals surface area contributed by atoms with Gasteiger partial charge in [-0.15, -0.1) is 0 Å². The second kappa shape index (κ2) is 6.66. The quantitative estimate of drug-likeness (QED) is 0.828. The predicted molar refractivity (Wildman–Crippen MR) is 71.9 cm³/mol. The summed E-state index contributed by atoms with van der Waals surface area (Å²) >= 11 is 5.77. The first-order chi connectivity index (χ1) is 9.61. The summed E-state index contributed by atoms with van der Waals surface area (Å²) in [5.74, 6) is -1.54. The Morgan fingerprint density at radius 2 is 2.00 bits per heavy atom. The first-order valence-corrected chi connectivity index (χ1v) is 6.12. The SMILES string of the molecule is CN(CC(=O)NCC(F)(F)F)C(=O)c1cccc(Cl)c1N. The molecule has 2 amide bonds. The van der Waals surface area contributed by atoms with Crippen LogP contribution in [0.5, 0.6) is 0 Å². The summed E-state index contributed by atoms with van der Waals surface area (Å²) in [4.78, 5) is 24.3. The van der Waals surface area contributed by atoms with Gasteiger partial charge in [-0.25, -0.2) is 0 Å². The molecule has 116 valence electrons. The number of para-hydroxylation sites is 1. The summed E-state index contributed by atoms with van der Waals surface area (Å²) in [6.45, 7) is -1.98. The Morgan fingerprint density at radius 3 is 2.57 bits per heavy atom. The molecular formula is C12H13ClF3N3O2. The molecule has 0 spiro atoms. The average Bonchev–Trinajstić information content (AvgIpc) is 2.38. The molecule has 0 aliphatic carbocycles. The Labute approximate surface area is 123 Å². The zero-order valence-electron chi connectivity index (χ0n) is 11.0. The van der Waals surface area contributed by atoms with Crippen LogP contribution in [0.15, 0.2) is 18.2 Å². The fourth-order valence-corrected chi connectivity index (χ4v) is 1.65. The van der Waals surface area contributed by atoms with E-state index in [2.05, 4.69) is 0 Å². The van der Waals surface area contributed by atoms with E-state index in [-0.39, 0.29) is 16.3 Å². The third-order valence-electron chi connectivity index (χ3n) is 2.50. The number of amides is 2. The number of nitrogens with two attached hydrogens (primary N) is 1. The lowest BCUT2D eigenvalue weighted by Crippen LogP contribution is -2.41. The Morgan fingerprint density at radius 1 is 1.38 bits per heavy atom. The van der Waals surface area contributed by atoms with Gasteiger partial charge in [0.25, 0.3) is 5.91 Å². The topological polar surface area (TPSA) is 75.4 Å². The number of alkyl halides is 3. The highest BCUT2D eigenvalue weighted by Gasteiger charge is 2.28. The van der Waals surface area contributed by atoms with Crippen LogP contribution in [0, 0.1) is 0 Å². The molecule has 5 nitrogen and oxygen atoms in total. The van der Waals surface area contributed by atoms with Crippen LogP contribution >= 0.6 is 11.6 Å². The molecule has 0 unspecified atom stereocenters. The highest BCUT2D eigenvalue weighted by atomic mass is 35.5. The van der Waals surface area contributed by atoms with Gasteiger partial charge in [-0.2, -0.15) is 13.2 Å². The van der Waals surface area contributed by atoms with E-state index in [1.807, 2.05) is 0 Å². The van der Waals surface area contributed by atoms with Crippen molar-refractivity contribution in [2.45, 2.75) is 6.18 Å². The number of likely N-dealkylation sites (N-methyl/N-ethyl adjacent to an activating group) is 1. The summed E-state index contributed by atoms with van der Waals surface area (Å²) in [5, 5.41) is 1.85. The number of benzene rings is 1. The van der Waals surface area contributed by atoms with Crippen molar-refractivity contribution in [3.05, 3.63) is 28.8 Å². The fraction of sp³-hybridized carbons (Fsp3) is 0.333. The molecule has 1 rings (SSSR count). The number of rotatable bonds is 4. The zero-order chi connectivity index (χ0) is 16.2. The minimum Gasteiger partial charge on any atom is -0.397 e.